The highest BCUT2D eigenvalue weighted by atomic mass is 19.4. The van der Waals surface area contributed by atoms with Gasteiger partial charge in [0.2, 0.25) is 5.95 Å². The van der Waals surface area contributed by atoms with Gasteiger partial charge in [0.05, 0.1) is 0 Å². The molecule has 1 aromatic heterocycles. The summed E-state index contributed by atoms with van der Waals surface area (Å²) >= 11 is 0. The standard InChI is InChI=1S/C18H18F5N5O/c1-26(2)15-10-14(18(21,22)23)24-17(25-15)28-7-5-27(6-8-28)16(29)11-3-4-12(19)13(20)9-11/h3-4,9-10H,5-8H2,1-2H3. The van der Waals surface area contributed by atoms with Gasteiger partial charge in [0.1, 0.15) is 5.82 Å². The van der Waals surface area contributed by atoms with Crippen molar-refractivity contribution in [2.24, 2.45) is 0 Å². The minimum Gasteiger partial charge on any atom is -0.363 e. The molecule has 0 saturated carbocycles. The van der Waals surface area contributed by atoms with Crippen molar-refractivity contribution >= 4 is 17.7 Å². The summed E-state index contributed by atoms with van der Waals surface area (Å²) in [6.45, 7) is 0.747. The maximum Gasteiger partial charge on any atom is 0.433 e. The number of halogens is 5. The second kappa shape index (κ2) is 7.80. The minimum atomic E-state index is -4.62. The molecule has 1 fully saturated rings. The Morgan fingerprint density at radius 1 is 1.00 bits per heavy atom. The van der Waals surface area contributed by atoms with Crippen LogP contribution in [0.4, 0.5) is 33.7 Å². The quantitative estimate of drug-likeness (QED) is 0.722. The van der Waals surface area contributed by atoms with Crippen LogP contribution in [0.2, 0.25) is 0 Å². The fourth-order valence-corrected chi connectivity index (χ4v) is 2.86. The number of piperazine rings is 1. The molecule has 2 aromatic rings. The van der Waals surface area contributed by atoms with E-state index in [2.05, 4.69) is 9.97 Å². The van der Waals surface area contributed by atoms with Crippen LogP contribution in [0, 0.1) is 11.6 Å². The van der Waals surface area contributed by atoms with Gasteiger partial charge in [-0.1, -0.05) is 0 Å². The summed E-state index contributed by atoms with van der Waals surface area (Å²) in [6.07, 6.45) is -4.62. The van der Waals surface area contributed by atoms with E-state index in [1.165, 1.54) is 15.9 Å². The molecule has 0 atom stereocenters. The zero-order chi connectivity index (χ0) is 21.3. The van der Waals surface area contributed by atoms with E-state index in [0.29, 0.717) is 0 Å². The van der Waals surface area contributed by atoms with Gasteiger partial charge in [-0.15, -0.1) is 0 Å². The maximum atomic E-state index is 13.4. The molecular formula is C18H18F5N5O. The highest BCUT2D eigenvalue weighted by molar-refractivity contribution is 5.94. The molecule has 0 aliphatic carbocycles. The van der Waals surface area contributed by atoms with Crippen LogP contribution in [0.3, 0.4) is 0 Å². The van der Waals surface area contributed by atoms with E-state index in [0.717, 1.165) is 18.2 Å². The third-order valence-corrected chi connectivity index (χ3v) is 4.47. The molecule has 1 amide bonds. The molecule has 0 bridgehead atoms. The van der Waals surface area contributed by atoms with E-state index < -0.39 is 29.4 Å². The smallest absolute Gasteiger partial charge is 0.363 e. The predicted molar refractivity (Wildman–Crippen MR) is 95.8 cm³/mol. The van der Waals surface area contributed by atoms with Gasteiger partial charge in [-0.25, -0.2) is 13.8 Å². The van der Waals surface area contributed by atoms with Crippen LogP contribution in [0.15, 0.2) is 24.3 Å². The van der Waals surface area contributed by atoms with Crippen molar-refractivity contribution in [3.63, 3.8) is 0 Å². The molecule has 2 heterocycles. The summed E-state index contributed by atoms with van der Waals surface area (Å²) in [6, 6.07) is 3.75. The molecule has 0 unspecified atom stereocenters. The van der Waals surface area contributed by atoms with E-state index in [1.807, 2.05) is 0 Å². The highest BCUT2D eigenvalue weighted by Crippen LogP contribution is 2.31. The Labute approximate surface area is 163 Å². The molecule has 11 heteroatoms. The highest BCUT2D eigenvalue weighted by Gasteiger charge is 2.35. The number of aromatic nitrogens is 2. The normalized spacial score (nSPS) is 14.9. The van der Waals surface area contributed by atoms with Crippen molar-refractivity contribution in [1.82, 2.24) is 14.9 Å². The van der Waals surface area contributed by atoms with Crippen LogP contribution in [-0.2, 0) is 6.18 Å². The van der Waals surface area contributed by atoms with Gasteiger partial charge in [-0.3, -0.25) is 4.79 Å². The average molecular weight is 415 g/mol. The lowest BCUT2D eigenvalue weighted by Gasteiger charge is -2.35. The van der Waals surface area contributed by atoms with Crippen LogP contribution < -0.4 is 9.80 Å². The fraction of sp³-hybridized carbons (Fsp3) is 0.389. The third kappa shape index (κ3) is 4.54. The lowest BCUT2D eigenvalue weighted by Crippen LogP contribution is -2.49. The Morgan fingerprint density at radius 3 is 2.21 bits per heavy atom. The van der Waals surface area contributed by atoms with Gasteiger partial charge in [-0.2, -0.15) is 18.2 Å². The SMILES string of the molecule is CN(C)c1cc(C(F)(F)F)nc(N2CCN(C(=O)c3ccc(F)c(F)c3)CC2)n1. The Bertz CT molecular complexity index is 910. The van der Waals surface area contributed by atoms with Gasteiger partial charge < -0.3 is 14.7 Å². The number of amides is 1. The first kappa shape index (κ1) is 20.7. The van der Waals surface area contributed by atoms with Crippen LogP contribution in [0.25, 0.3) is 0 Å². The number of carbonyl (C=O) groups is 1. The van der Waals surface area contributed by atoms with Gasteiger partial charge in [0.25, 0.3) is 5.91 Å². The molecule has 0 radical (unpaired) electrons. The topological polar surface area (TPSA) is 52.6 Å². The van der Waals surface area contributed by atoms with Crippen molar-refractivity contribution in [3.05, 3.63) is 47.2 Å². The molecule has 1 aromatic carbocycles. The van der Waals surface area contributed by atoms with Crippen LogP contribution in [-0.4, -0.2) is 61.0 Å². The van der Waals surface area contributed by atoms with Gasteiger partial charge in [-0.05, 0) is 18.2 Å². The number of anilines is 2. The van der Waals surface area contributed by atoms with Crippen molar-refractivity contribution < 1.29 is 26.7 Å². The second-order valence-corrected chi connectivity index (χ2v) is 6.71. The molecule has 1 aliphatic heterocycles. The average Bonchev–Trinajstić information content (AvgIpc) is 2.68. The number of carbonyl (C=O) groups excluding carboxylic acids is 1. The number of nitrogens with zero attached hydrogens (tertiary/aromatic N) is 5. The van der Waals surface area contributed by atoms with E-state index >= 15 is 0 Å². The minimum absolute atomic E-state index is 0.00237. The summed E-state index contributed by atoms with van der Waals surface area (Å²) in [4.78, 5) is 24.7. The second-order valence-electron chi connectivity index (χ2n) is 6.71. The summed E-state index contributed by atoms with van der Waals surface area (Å²) in [5.41, 5.74) is -1.05. The molecular weight excluding hydrogens is 397 g/mol. The summed E-state index contributed by atoms with van der Waals surface area (Å²) in [5.74, 6) is -2.62. The van der Waals surface area contributed by atoms with Gasteiger partial charge in [0, 0.05) is 51.9 Å². The summed E-state index contributed by atoms with van der Waals surface area (Å²) < 4.78 is 65.9. The summed E-state index contributed by atoms with van der Waals surface area (Å²) in [7, 11) is 3.15. The van der Waals surface area contributed by atoms with Crippen molar-refractivity contribution in [2.45, 2.75) is 6.18 Å². The van der Waals surface area contributed by atoms with E-state index in [9.17, 15) is 26.7 Å². The molecule has 1 aliphatic rings. The Balaban J connectivity index is 1.75. The molecule has 0 spiro atoms. The number of rotatable bonds is 3. The van der Waals surface area contributed by atoms with E-state index in [-0.39, 0.29) is 43.5 Å². The number of benzene rings is 1. The molecule has 1 saturated heterocycles. The first-order valence-corrected chi connectivity index (χ1v) is 8.69. The number of hydrogen-bond acceptors (Lipinski definition) is 5. The summed E-state index contributed by atoms with van der Waals surface area (Å²) in [5, 5.41) is 0. The zero-order valence-corrected chi connectivity index (χ0v) is 15.7. The number of alkyl halides is 3. The third-order valence-electron chi connectivity index (χ3n) is 4.47. The van der Waals surface area contributed by atoms with Crippen molar-refractivity contribution in [2.75, 3.05) is 50.1 Å². The van der Waals surface area contributed by atoms with Crippen LogP contribution >= 0.6 is 0 Å². The molecule has 0 N–H and O–H groups in total. The maximum absolute atomic E-state index is 13.4. The largest absolute Gasteiger partial charge is 0.433 e. The first-order chi connectivity index (χ1) is 13.6. The Morgan fingerprint density at radius 2 is 1.66 bits per heavy atom. The molecule has 156 valence electrons. The van der Waals surface area contributed by atoms with Crippen LogP contribution in [0.1, 0.15) is 16.1 Å². The monoisotopic (exact) mass is 415 g/mol. The molecule has 29 heavy (non-hydrogen) atoms. The van der Waals surface area contributed by atoms with Crippen molar-refractivity contribution in [3.8, 4) is 0 Å². The molecule has 3 rings (SSSR count). The van der Waals surface area contributed by atoms with Gasteiger partial charge in [0.15, 0.2) is 17.3 Å². The van der Waals surface area contributed by atoms with E-state index in [1.54, 1.807) is 19.0 Å². The van der Waals surface area contributed by atoms with E-state index in [4.69, 9.17) is 0 Å². The molecule has 6 nitrogen and oxygen atoms in total. The first-order valence-electron chi connectivity index (χ1n) is 8.69. The lowest BCUT2D eigenvalue weighted by molar-refractivity contribution is -0.141. The fourth-order valence-electron chi connectivity index (χ4n) is 2.86. The van der Waals surface area contributed by atoms with Crippen LogP contribution in [0.5, 0.6) is 0 Å². The van der Waals surface area contributed by atoms with Gasteiger partial charge >= 0.3 is 6.18 Å². The lowest BCUT2D eigenvalue weighted by atomic mass is 10.1. The Kier molecular flexibility index (Phi) is 5.58. The van der Waals surface area contributed by atoms with Crippen molar-refractivity contribution in [1.29, 1.82) is 0 Å². The predicted octanol–water partition coefficient (Wildman–Crippen LogP) is 2.80. The zero-order valence-electron chi connectivity index (χ0n) is 15.7. The Hall–Kier alpha value is -2.98. The number of hydrogen-bond donors (Lipinski definition) is 0.